The van der Waals surface area contributed by atoms with Crippen LogP contribution in [0.3, 0.4) is 0 Å². The van der Waals surface area contributed by atoms with Gasteiger partial charge in [0.25, 0.3) is 5.91 Å². The number of aromatic nitrogens is 1. The Hall–Kier alpha value is -2.05. The Morgan fingerprint density at radius 3 is 2.52 bits per heavy atom. The summed E-state index contributed by atoms with van der Waals surface area (Å²) >= 11 is 5.99. The lowest BCUT2D eigenvalue weighted by atomic mass is 10.1. The number of halogens is 1. The number of rotatable bonds is 4. The standard InChI is InChI=1S/C16H20ClN3O2Si/c1-22-13-8-10(17)7-12(15(13)18)16(21)20-14-6-5-11(9-19-14)23(2,3)4/h5-9H,18H2,1-4H3,(H,19,20,21). The number of nitrogen functional groups attached to an aromatic ring is 1. The first-order valence-corrected chi connectivity index (χ1v) is 11.0. The summed E-state index contributed by atoms with van der Waals surface area (Å²) in [7, 11) is 0.0545. The second-order valence-electron chi connectivity index (χ2n) is 6.21. The van der Waals surface area contributed by atoms with Crippen LogP contribution in [0.1, 0.15) is 10.4 Å². The molecule has 1 aromatic carbocycles. The molecule has 23 heavy (non-hydrogen) atoms. The molecular formula is C16H20ClN3O2Si. The van der Waals surface area contributed by atoms with E-state index >= 15 is 0 Å². The number of amides is 1. The van der Waals surface area contributed by atoms with Gasteiger partial charge in [-0.15, -0.1) is 0 Å². The van der Waals surface area contributed by atoms with E-state index in [-0.39, 0.29) is 17.2 Å². The monoisotopic (exact) mass is 349 g/mol. The van der Waals surface area contributed by atoms with Crippen LogP contribution in [0.5, 0.6) is 5.75 Å². The summed E-state index contributed by atoms with van der Waals surface area (Å²) in [6.07, 6.45) is 1.81. The van der Waals surface area contributed by atoms with Crippen LogP contribution in [0.15, 0.2) is 30.5 Å². The fraction of sp³-hybridized carbons (Fsp3) is 0.250. The number of anilines is 2. The van der Waals surface area contributed by atoms with E-state index in [1.807, 2.05) is 12.3 Å². The predicted molar refractivity (Wildman–Crippen MR) is 97.6 cm³/mol. The number of nitrogens with zero attached hydrogens (tertiary/aromatic N) is 1. The highest BCUT2D eigenvalue weighted by Crippen LogP contribution is 2.30. The van der Waals surface area contributed by atoms with E-state index < -0.39 is 8.07 Å². The third-order valence-electron chi connectivity index (χ3n) is 3.44. The van der Waals surface area contributed by atoms with Gasteiger partial charge in [-0.1, -0.05) is 37.3 Å². The number of carbonyl (C=O) groups excluding carboxylic acids is 1. The van der Waals surface area contributed by atoms with Crippen molar-refractivity contribution in [1.82, 2.24) is 4.98 Å². The Morgan fingerprint density at radius 2 is 2.00 bits per heavy atom. The second-order valence-corrected chi connectivity index (χ2v) is 11.7. The first kappa shape index (κ1) is 17.3. The minimum Gasteiger partial charge on any atom is -0.495 e. The lowest BCUT2D eigenvalue weighted by Crippen LogP contribution is -2.37. The zero-order valence-corrected chi connectivity index (χ0v) is 15.4. The maximum Gasteiger partial charge on any atom is 0.259 e. The Balaban J connectivity index is 2.24. The average molecular weight is 350 g/mol. The maximum absolute atomic E-state index is 12.4. The van der Waals surface area contributed by atoms with Crippen LogP contribution in [-0.2, 0) is 0 Å². The van der Waals surface area contributed by atoms with Crippen molar-refractivity contribution in [3.8, 4) is 5.75 Å². The van der Waals surface area contributed by atoms with Gasteiger partial charge in [0, 0.05) is 17.3 Å². The van der Waals surface area contributed by atoms with Gasteiger partial charge in [-0.25, -0.2) is 4.98 Å². The van der Waals surface area contributed by atoms with Gasteiger partial charge in [0.05, 0.1) is 26.4 Å². The van der Waals surface area contributed by atoms with Gasteiger partial charge >= 0.3 is 0 Å². The summed E-state index contributed by atoms with van der Waals surface area (Å²) in [5.41, 5.74) is 6.44. The summed E-state index contributed by atoms with van der Waals surface area (Å²) < 4.78 is 5.12. The van der Waals surface area contributed by atoms with Gasteiger partial charge in [-0.3, -0.25) is 4.79 Å². The van der Waals surface area contributed by atoms with E-state index in [1.54, 1.807) is 12.1 Å². The van der Waals surface area contributed by atoms with Crippen LogP contribution < -0.4 is 21.0 Å². The number of nitrogens with one attached hydrogen (secondary N) is 1. The Morgan fingerprint density at radius 1 is 1.30 bits per heavy atom. The highest BCUT2D eigenvalue weighted by molar-refractivity contribution is 6.88. The summed E-state index contributed by atoms with van der Waals surface area (Å²) in [5, 5.41) is 4.33. The topological polar surface area (TPSA) is 77.2 Å². The average Bonchev–Trinajstić information content (AvgIpc) is 2.48. The molecule has 2 rings (SSSR count). The van der Waals surface area contributed by atoms with Crippen LogP contribution in [0.25, 0.3) is 0 Å². The van der Waals surface area contributed by atoms with Crippen molar-refractivity contribution in [2.75, 3.05) is 18.2 Å². The lowest BCUT2D eigenvalue weighted by Gasteiger charge is -2.16. The van der Waals surface area contributed by atoms with Crippen molar-refractivity contribution in [3.05, 3.63) is 41.0 Å². The lowest BCUT2D eigenvalue weighted by molar-refractivity contribution is 0.102. The second kappa shape index (κ2) is 6.60. The molecule has 0 aliphatic heterocycles. The van der Waals surface area contributed by atoms with E-state index in [2.05, 4.69) is 29.9 Å². The zero-order chi connectivity index (χ0) is 17.2. The van der Waals surface area contributed by atoms with Gasteiger partial charge in [0.2, 0.25) is 0 Å². The molecule has 1 heterocycles. The summed E-state index contributed by atoms with van der Waals surface area (Å²) in [4.78, 5) is 16.7. The predicted octanol–water partition coefficient (Wildman–Crippen LogP) is 3.12. The Bertz CT molecular complexity index is 727. The van der Waals surface area contributed by atoms with Crippen molar-refractivity contribution in [2.24, 2.45) is 0 Å². The quantitative estimate of drug-likeness (QED) is 0.656. The number of nitrogens with two attached hydrogens (primary N) is 1. The van der Waals surface area contributed by atoms with Crippen molar-refractivity contribution in [3.63, 3.8) is 0 Å². The van der Waals surface area contributed by atoms with E-state index in [0.29, 0.717) is 16.6 Å². The minimum atomic E-state index is -1.42. The SMILES string of the molecule is COc1cc(Cl)cc(C(=O)Nc2ccc([Si](C)(C)C)cn2)c1N. The summed E-state index contributed by atoms with van der Waals surface area (Å²) in [6.45, 7) is 6.71. The molecule has 3 N–H and O–H groups in total. The normalized spacial score (nSPS) is 11.2. The van der Waals surface area contributed by atoms with Crippen LogP contribution >= 0.6 is 11.6 Å². The van der Waals surface area contributed by atoms with Crippen molar-refractivity contribution in [2.45, 2.75) is 19.6 Å². The van der Waals surface area contributed by atoms with E-state index in [4.69, 9.17) is 22.1 Å². The highest BCUT2D eigenvalue weighted by atomic mass is 35.5. The summed E-state index contributed by atoms with van der Waals surface area (Å²) in [6, 6.07) is 6.86. The molecular weight excluding hydrogens is 330 g/mol. The molecule has 0 saturated carbocycles. The zero-order valence-electron chi connectivity index (χ0n) is 13.6. The molecule has 7 heteroatoms. The van der Waals surface area contributed by atoms with Gasteiger partial charge in [-0.2, -0.15) is 0 Å². The first-order chi connectivity index (χ1) is 10.7. The van der Waals surface area contributed by atoms with Crippen LogP contribution in [0.4, 0.5) is 11.5 Å². The van der Waals surface area contributed by atoms with Crippen LogP contribution in [0.2, 0.25) is 24.7 Å². The fourth-order valence-electron chi connectivity index (χ4n) is 2.04. The number of ether oxygens (including phenoxy) is 1. The van der Waals surface area contributed by atoms with E-state index in [0.717, 1.165) is 0 Å². The largest absolute Gasteiger partial charge is 0.495 e. The smallest absolute Gasteiger partial charge is 0.259 e. The van der Waals surface area contributed by atoms with E-state index in [9.17, 15) is 4.79 Å². The van der Waals surface area contributed by atoms with Gasteiger partial charge < -0.3 is 15.8 Å². The first-order valence-electron chi connectivity index (χ1n) is 7.13. The number of hydrogen-bond acceptors (Lipinski definition) is 4. The highest BCUT2D eigenvalue weighted by Gasteiger charge is 2.18. The Kier molecular flexibility index (Phi) is 4.96. The number of methoxy groups -OCH3 is 1. The molecule has 0 aliphatic carbocycles. The fourth-order valence-corrected chi connectivity index (χ4v) is 3.29. The molecule has 0 atom stereocenters. The summed E-state index contributed by atoms with van der Waals surface area (Å²) in [5.74, 6) is 0.455. The molecule has 5 nitrogen and oxygen atoms in total. The third kappa shape index (κ3) is 4.03. The minimum absolute atomic E-state index is 0.244. The van der Waals surface area contributed by atoms with E-state index in [1.165, 1.54) is 18.4 Å². The molecule has 1 aromatic heterocycles. The molecule has 0 bridgehead atoms. The number of benzene rings is 1. The van der Waals surface area contributed by atoms with Gasteiger partial charge in [0.15, 0.2) is 0 Å². The maximum atomic E-state index is 12.4. The molecule has 2 aromatic rings. The Labute approximate surface area is 141 Å². The number of carbonyl (C=O) groups is 1. The molecule has 0 aliphatic rings. The van der Waals surface area contributed by atoms with Crippen LogP contribution in [0, 0.1) is 0 Å². The van der Waals surface area contributed by atoms with Crippen LogP contribution in [-0.4, -0.2) is 26.1 Å². The van der Waals surface area contributed by atoms with Gasteiger partial charge in [0.1, 0.15) is 11.6 Å². The molecule has 122 valence electrons. The number of pyridine rings is 1. The van der Waals surface area contributed by atoms with Gasteiger partial charge in [-0.05, 0) is 17.3 Å². The molecule has 0 saturated heterocycles. The van der Waals surface area contributed by atoms with Crippen molar-refractivity contribution in [1.29, 1.82) is 0 Å². The number of hydrogen-bond donors (Lipinski definition) is 2. The molecule has 0 spiro atoms. The molecule has 1 amide bonds. The molecule has 0 radical (unpaired) electrons. The molecule has 0 unspecified atom stereocenters. The van der Waals surface area contributed by atoms with Crippen molar-refractivity contribution >= 4 is 42.3 Å². The van der Waals surface area contributed by atoms with Crippen molar-refractivity contribution < 1.29 is 9.53 Å². The molecule has 0 fully saturated rings. The third-order valence-corrected chi connectivity index (χ3v) is 5.69.